The van der Waals surface area contributed by atoms with Crippen LogP contribution in [0.2, 0.25) is 0 Å². The molecule has 6 heteroatoms. The van der Waals surface area contributed by atoms with Crippen LogP contribution in [0.3, 0.4) is 0 Å². The number of carboxylic acids is 1. The van der Waals surface area contributed by atoms with Gasteiger partial charge in [0.2, 0.25) is 0 Å². The maximum Gasteiger partial charge on any atom is 0.335 e. The van der Waals surface area contributed by atoms with E-state index in [-0.39, 0.29) is 0 Å². The van der Waals surface area contributed by atoms with Gasteiger partial charge < -0.3 is 10.1 Å². The molecule has 4 aromatic rings. The quantitative estimate of drug-likeness (QED) is 0.597. The van der Waals surface area contributed by atoms with E-state index in [0.717, 1.165) is 33.4 Å². The van der Waals surface area contributed by atoms with Crippen molar-refractivity contribution in [2.45, 2.75) is 13.3 Å². The first-order valence-corrected chi connectivity index (χ1v) is 8.01. The van der Waals surface area contributed by atoms with Gasteiger partial charge in [-0.05, 0) is 47.9 Å². The number of nitrogens with zero attached hydrogens (tertiary/aromatic N) is 3. The van der Waals surface area contributed by atoms with Crippen LogP contribution in [0.4, 0.5) is 0 Å². The van der Waals surface area contributed by atoms with Gasteiger partial charge in [-0.3, -0.25) is 0 Å². The molecule has 0 aliphatic heterocycles. The number of nitrogens with one attached hydrogen (secondary N) is 1. The highest BCUT2D eigenvalue weighted by Gasteiger charge is 2.12. The van der Waals surface area contributed by atoms with Gasteiger partial charge in [0.1, 0.15) is 5.65 Å². The zero-order chi connectivity index (χ0) is 17.4. The lowest BCUT2D eigenvalue weighted by Crippen LogP contribution is -2.04. The summed E-state index contributed by atoms with van der Waals surface area (Å²) in [4.78, 5) is 18.7. The smallest absolute Gasteiger partial charge is 0.335 e. The summed E-state index contributed by atoms with van der Waals surface area (Å²) in [5.74, 6) is -0.906. The molecule has 0 aliphatic rings. The summed E-state index contributed by atoms with van der Waals surface area (Å²) in [6.45, 7) is 1.94. The van der Waals surface area contributed by atoms with Gasteiger partial charge in [0.25, 0.3) is 0 Å². The molecule has 0 unspecified atom stereocenters. The van der Waals surface area contributed by atoms with Gasteiger partial charge in [-0.25, -0.2) is 14.5 Å². The minimum absolute atomic E-state index is 0.335. The van der Waals surface area contributed by atoms with Gasteiger partial charge in [0.05, 0.1) is 17.4 Å². The molecule has 0 aliphatic carbocycles. The Morgan fingerprint density at radius 3 is 2.96 bits per heavy atom. The third-order valence-electron chi connectivity index (χ3n) is 4.32. The van der Waals surface area contributed by atoms with E-state index in [1.807, 2.05) is 37.5 Å². The molecule has 3 aromatic heterocycles. The summed E-state index contributed by atoms with van der Waals surface area (Å²) in [6.07, 6.45) is 8.03. The molecule has 0 spiro atoms. The van der Waals surface area contributed by atoms with E-state index in [1.165, 1.54) is 0 Å². The molecule has 1 aromatic carbocycles. The number of benzene rings is 1. The van der Waals surface area contributed by atoms with Gasteiger partial charge in [0.15, 0.2) is 0 Å². The zero-order valence-electron chi connectivity index (χ0n) is 13.6. The number of aromatic amines is 1. The predicted molar refractivity (Wildman–Crippen MR) is 95.0 cm³/mol. The Bertz CT molecular complexity index is 1080. The van der Waals surface area contributed by atoms with E-state index in [0.29, 0.717) is 12.0 Å². The van der Waals surface area contributed by atoms with Gasteiger partial charge in [-0.2, -0.15) is 5.10 Å². The Labute approximate surface area is 143 Å². The highest BCUT2D eigenvalue weighted by Crippen LogP contribution is 2.27. The van der Waals surface area contributed by atoms with Crippen molar-refractivity contribution in [3.05, 3.63) is 66.2 Å². The summed E-state index contributed by atoms with van der Waals surface area (Å²) >= 11 is 0. The molecule has 4 rings (SSSR count). The number of carboxylic acid groups (broad SMARTS) is 1. The fraction of sp³-hybridized carbons (Fsp3) is 0.105. The van der Waals surface area contributed by atoms with Crippen molar-refractivity contribution in [3.8, 4) is 16.8 Å². The molecule has 0 radical (unpaired) electrons. The minimum Gasteiger partial charge on any atom is -0.478 e. The zero-order valence-corrected chi connectivity index (χ0v) is 13.6. The number of aromatic nitrogens is 4. The van der Waals surface area contributed by atoms with E-state index in [2.05, 4.69) is 15.1 Å². The first kappa shape index (κ1) is 15.1. The van der Waals surface area contributed by atoms with Crippen molar-refractivity contribution in [2.75, 3.05) is 0 Å². The molecule has 3 heterocycles. The topological polar surface area (TPSA) is 83.8 Å². The van der Waals surface area contributed by atoms with Crippen LogP contribution in [-0.4, -0.2) is 30.8 Å². The summed E-state index contributed by atoms with van der Waals surface area (Å²) < 4.78 is 1.76. The predicted octanol–water partition coefficient (Wildman–Crippen LogP) is 3.68. The standard InChI is InChI=1S/C19H16N4O2/c1-2-12-9-14(3-4-16(12)19(24)25)23-11-13(10-22-23)15-5-7-20-18-17(15)6-8-21-18/h3-11H,2H2,1H3,(H,20,21)(H,24,25). The third-order valence-corrected chi connectivity index (χ3v) is 4.32. The number of carbonyl (C=O) groups is 1. The maximum absolute atomic E-state index is 11.3. The molecule has 0 saturated carbocycles. The van der Waals surface area contributed by atoms with Crippen molar-refractivity contribution in [1.82, 2.24) is 19.7 Å². The van der Waals surface area contributed by atoms with Crippen LogP contribution in [0.15, 0.2) is 55.1 Å². The lowest BCUT2D eigenvalue weighted by molar-refractivity contribution is 0.0695. The van der Waals surface area contributed by atoms with Crippen LogP contribution in [0.1, 0.15) is 22.8 Å². The number of pyridine rings is 1. The number of H-pyrrole nitrogens is 1. The Morgan fingerprint density at radius 2 is 2.16 bits per heavy atom. The summed E-state index contributed by atoms with van der Waals surface area (Å²) in [5.41, 5.74) is 4.83. The average Bonchev–Trinajstić information content (AvgIpc) is 3.30. The first-order valence-electron chi connectivity index (χ1n) is 8.01. The van der Waals surface area contributed by atoms with E-state index < -0.39 is 5.97 Å². The fourth-order valence-electron chi connectivity index (χ4n) is 3.04. The molecule has 124 valence electrons. The molecule has 25 heavy (non-hydrogen) atoms. The Kier molecular flexibility index (Phi) is 3.57. The van der Waals surface area contributed by atoms with Crippen molar-refractivity contribution < 1.29 is 9.90 Å². The van der Waals surface area contributed by atoms with Gasteiger partial charge >= 0.3 is 5.97 Å². The second-order valence-corrected chi connectivity index (χ2v) is 5.77. The van der Waals surface area contributed by atoms with E-state index >= 15 is 0 Å². The van der Waals surface area contributed by atoms with Gasteiger partial charge in [-0.1, -0.05) is 6.92 Å². The SMILES string of the molecule is CCc1cc(-n2cc(-c3ccnc4[nH]ccc34)cn2)ccc1C(=O)O. The molecule has 2 N–H and O–H groups in total. The van der Waals surface area contributed by atoms with Crippen LogP contribution >= 0.6 is 0 Å². The number of fused-ring (bicyclic) bond motifs is 1. The van der Waals surface area contributed by atoms with E-state index in [1.54, 1.807) is 29.2 Å². The molecule has 6 nitrogen and oxygen atoms in total. The van der Waals surface area contributed by atoms with Crippen LogP contribution in [0.5, 0.6) is 0 Å². The van der Waals surface area contributed by atoms with Gasteiger partial charge in [-0.15, -0.1) is 0 Å². The minimum atomic E-state index is -0.906. The Morgan fingerprint density at radius 1 is 1.28 bits per heavy atom. The Hall–Kier alpha value is -3.41. The molecule has 0 atom stereocenters. The monoisotopic (exact) mass is 332 g/mol. The van der Waals surface area contributed by atoms with E-state index in [4.69, 9.17) is 0 Å². The number of hydrogen-bond donors (Lipinski definition) is 2. The van der Waals surface area contributed by atoms with E-state index in [9.17, 15) is 9.90 Å². The Balaban J connectivity index is 1.77. The normalized spacial score (nSPS) is 11.1. The third kappa shape index (κ3) is 2.57. The van der Waals surface area contributed by atoms with Crippen LogP contribution < -0.4 is 0 Å². The maximum atomic E-state index is 11.3. The summed E-state index contributed by atoms with van der Waals surface area (Å²) in [7, 11) is 0. The second kappa shape index (κ2) is 5.90. The van der Waals surface area contributed by atoms with Crippen molar-refractivity contribution >= 4 is 17.0 Å². The molecular weight excluding hydrogens is 316 g/mol. The first-order chi connectivity index (χ1) is 12.2. The van der Waals surface area contributed by atoms with Crippen molar-refractivity contribution in [1.29, 1.82) is 0 Å². The molecular formula is C19H16N4O2. The number of aromatic carboxylic acids is 1. The second-order valence-electron chi connectivity index (χ2n) is 5.77. The number of hydrogen-bond acceptors (Lipinski definition) is 3. The molecule has 0 amide bonds. The molecule has 0 fully saturated rings. The molecule has 0 saturated heterocycles. The highest BCUT2D eigenvalue weighted by molar-refractivity contribution is 5.92. The number of aryl methyl sites for hydroxylation is 1. The average molecular weight is 332 g/mol. The fourth-order valence-corrected chi connectivity index (χ4v) is 3.04. The lowest BCUT2D eigenvalue weighted by Gasteiger charge is -2.07. The van der Waals surface area contributed by atoms with Gasteiger partial charge in [0, 0.05) is 29.5 Å². The van der Waals surface area contributed by atoms with Crippen LogP contribution in [-0.2, 0) is 6.42 Å². The molecule has 0 bridgehead atoms. The lowest BCUT2D eigenvalue weighted by atomic mass is 10.0. The number of rotatable bonds is 4. The van der Waals surface area contributed by atoms with Crippen LogP contribution in [0.25, 0.3) is 27.8 Å². The summed E-state index contributed by atoms with van der Waals surface area (Å²) in [6, 6.07) is 9.24. The summed E-state index contributed by atoms with van der Waals surface area (Å²) in [5, 5.41) is 14.7. The van der Waals surface area contributed by atoms with Crippen LogP contribution in [0, 0.1) is 0 Å². The van der Waals surface area contributed by atoms with Crippen molar-refractivity contribution in [3.63, 3.8) is 0 Å². The highest BCUT2D eigenvalue weighted by atomic mass is 16.4. The van der Waals surface area contributed by atoms with Crippen molar-refractivity contribution in [2.24, 2.45) is 0 Å². The largest absolute Gasteiger partial charge is 0.478 e.